The lowest BCUT2D eigenvalue weighted by Gasteiger charge is -2.39. The molecule has 1 aromatic heterocycles. The molecule has 1 heterocycles. The van der Waals surface area contributed by atoms with Gasteiger partial charge in [-0.25, -0.2) is 0 Å². The minimum absolute atomic E-state index is 0.0375. The standard InChI is InChI=1S/C20H24ClN3O3S/c1-13(2)11-20(12-25,19(27)23-16-8-6-15(21)7-9-16)24(18(26)14(3)22)17-5-4-10-28-17/h4-10,12-14H,11,22H2,1-3H3,(H,23,27)/t14-,20-/m0/s1. The van der Waals surface area contributed by atoms with E-state index in [1.165, 1.54) is 23.2 Å². The smallest absolute Gasteiger partial charge is 0.258 e. The second-order valence-electron chi connectivity index (χ2n) is 7.01. The molecule has 3 N–H and O–H groups in total. The third-order valence-corrected chi connectivity index (χ3v) is 5.25. The average Bonchev–Trinajstić information content (AvgIpc) is 3.16. The third-order valence-electron chi connectivity index (χ3n) is 4.15. The highest BCUT2D eigenvalue weighted by Gasteiger charge is 2.49. The van der Waals surface area contributed by atoms with Crippen molar-refractivity contribution in [3.63, 3.8) is 0 Å². The number of nitrogens with zero attached hydrogens (tertiary/aromatic N) is 1. The van der Waals surface area contributed by atoms with Gasteiger partial charge in [0.2, 0.25) is 5.91 Å². The molecule has 2 atom stereocenters. The van der Waals surface area contributed by atoms with E-state index in [-0.39, 0.29) is 12.3 Å². The van der Waals surface area contributed by atoms with Gasteiger partial charge < -0.3 is 15.8 Å². The Balaban J connectivity index is 2.55. The molecule has 0 saturated heterocycles. The summed E-state index contributed by atoms with van der Waals surface area (Å²) in [6, 6.07) is 9.10. The Bertz CT molecular complexity index is 822. The van der Waals surface area contributed by atoms with E-state index in [9.17, 15) is 14.4 Å². The number of hydrogen-bond donors (Lipinski definition) is 2. The van der Waals surface area contributed by atoms with Crippen LogP contribution in [0.4, 0.5) is 10.7 Å². The molecule has 28 heavy (non-hydrogen) atoms. The molecule has 0 aliphatic rings. The van der Waals surface area contributed by atoms with Crippen LogP contribution in [0, 0.1) is 5.92 Å². The fraction of sp³-hybridized carbons (Fsp3) is 0.350. The van der Waals surface area contributed by atoms with Crippen LogP contribution in [0.5, 0.6) is 0 Å². The fourth-order valence-electron chi connectivity index (χ4n) is 2.94. The minimum Gasteiger partial charge on any atom is -0.324 e. The first-order chi connectivity index (χ1) is 13.2. The van der Waals surface area contributed by atoms with Crippen molar-refractivity contribution in [2.24, 2.45) is 11.7 Å². The first-order valence-corrected chi connectivity index (χ1v) is 10.1. The number of nitrogens with two attached hydrogens (primary N) is 1. The van der Waals surface area contributed by atoms with Gasteiger partial charge in [0.25, 0.3) is 5.91 Å². The van der Waals surface area contributed by atoms with Gasteiger partial charge in [-0.05, 0) is 61.0 Å². The molecule has 2 amide bonds. The van der Waals surface area contributed by atoms with E-state index >= 15 is 0 Å². The molecular weight excluding hydrogens is 398 g/mol. The van der Waals surface area contributed by atoms with Crippen molar-refractivity contribution in [3.05, 3.63) is 46.8 Å². The summed E-state index contributed by atoms with van der Waals surface area (Å²) < 4.78 is 0. The van der Waals surface area contributed by atoms with Crippen molar-refractivity contribution in [3.8, 4) is 0 Å². The van der Waals surface area contributed by atoms with E-state index in [0.717, 1.165) is 0 Å². The van der Waals surface area contributed by atoms with Gasteiger partial charge in [-0.15, -0.1) is 11.3 Å². The van der Waals surface area contributed by atoms with E-state index < -0.39 is 23.4 Å². The summed E-state index contributed by atoms with van der Waals surface area (Å²) in [6.45, 7) is 5.30. The van der Waals surface area contributed by atoms with Crippen LogP contribution >= 0.6 is 22.9 Å². The van der Waals surface area contributed by atoms with Crippen LogP contribution in [0.3, 0.4) is 0 Å². The van der Waals surface area contributed by atoms with Gasteiger partial charge in [0.05, 0.1) is 11.0 Å². The van der Waals surface area contributed by atoms with Gasteiger partial charge in [0, 0.05) is 10.7 Å². The number of halogens is 1. The molecule has 8 heteroatoms. The maximum absolute atomic E-state index is 13.3. The Morgan fingerprint density at radius 2 is 1.89 bits per heavy atom. The number of carbonyl (C=O) groups is 3. The molecule has 0 aliphatic carbocycles. The highest BCUT2D eigenvalue weighted by atomic mass is 35.5. The molecule has 0 fully saturated rings. The maximum Gasteiger partial charge on any atom is 0.258 e. The number of amides is 2. The first kappa shape index (κ1) is 22.1. The van der Waals surface area contributed by atoms with Crippen molar-refractivity contribution in [2.45, 2.75) is 38.8 Å². The maximum atomic E-state index is 13.3. The van der Waals surface area contributed by atoms with E-state index in [1.807, 2.05) is 13.8 Å². The Labute approximate surface area is 173 Å². The SMILES string of the molecule is CC(C)C[C@](C=O)(C(=O)Nc1ccc(Cl)cc1)N(C(=O)[C@H](C)N)c1cccs1. The van der Waals surface area contributed by atoms with Crippen LogP contribution in [-0.4, -0.2) is 29.7 Å². The molecule has 0 aliphatic heterocycles. The number of carbonyl (C=O) groups excluding carboxylic acids is 3. The summed E-state index contributed by atoms with van der Waals surface area (Å²) in [5.41, 5.74) is 4.59. The quantitative estimate of drug-likeness (QED) is 0.502. The lowest BCUT2D eigenvalue weighted by atomic mass is 9.86. The van der Waals surface area contributed by atoms with Gasteiger partial charge >= 0.3 is 0 Å². The Hall–Kier alpha value is -2.22. The number of nitrogens with one attached hydrogen (secondary N) is 1. The molecule has 0 radical (unpaired) electrons. The number of rotatable bonds is 8. The fourth-order valence-corrected chi connectivity index (χ4v) is 3.88. The van der Waals surface area contributed by atoms with Crippen molar-refractivity contribution >= 4 is 51.7 Å². The zero-order valence-electron chi connectivity index (χ0n) is 16.0. The van der Waals surface area contributed by atoms with Gasteiger partial charge in [-0.1, -0.05) is 25.4 Å². The lowest BCUT2D eigenvalue weighted by molar-refractivity contribution is -0.132. The van der Waals surface area contributed by atoms with Gasteiger partial charge in [-0.2, -0.15) is 0 Å². The second-order valence-corrected chi connectivity index (χ2v) is 8.38. The summed E-state index contributed by atoms with van der Waals surface area (Å²) in [6.07, 6.45) is 0.685. The van der Waals surface area contributed by atoms with E-state index in [0.29, 0.717) is 22.0 Å². The van der Waals surface area contributed by atoms with Gasteiger partial charge in [0.1, 0.15) is 0 Å². The lowest BCUT2D eigenvalue weighted by Crippen LogP contribution is -2.63. The number of aldehydes is 1. The Morgan fingerprint density at radius 1 is 1.25 bits per heavy atom. The number of anilines is 2. The van der Waals surface area contributed by atoms with E-state index in [2.05, 4.69) is 5.32 Å². The molecule has 0 unspecified atom stereocenters. The molecule has 150 valence electrons. The number of hydrogen-bond acceptors (Lipinski definition) is 5. The van der Waals surface area contributed by atoms with E-state index in [1.54, 1.807) is 41.8 Å². The highest BCUT2D eigenvalue weighted by Crippen LogP contribution is 2.34. The average molecular weight is 422 g/mol. The van der Waals surface area contributed by atoms with Crippen LogP contribution < -0.4 is 16.0 Å². The molecule has 2 rings (SSSR count). The summed E-state index contributed by atoms with van der Waals surface area (Å²) in [4.78, 5) is 40.0. The molecule has 6 nitrogen and oxygen atoms in total. The van der Waals surface area contributed by atoms with Crippen LogP contribution in [0.15, 0.2) is 41.8 Å². The monoisotopic (exact) mass is 421 g/mol. The zero-order valence-corrected chi connectivity index (χ0v) is 17.6. The number of thiophene rings is 1. The molecule has 0 spiro atoms. The summed E-state index contributed by atoms with van der Waals surface area (Å²) in [7, 11) is 0. The van der Waals surface area contributed by atoms with Gasteiger partial charge in [-0.3, -0.25) is 14.5 Å². The zero-order chi connectivity index (χ0) is 20.9. The molecule has 0 saturated carbocycles. The highest BCUT2D eigenvalue weighted by molar-refractivity contribution is 7.14. The normalized spacial score (nSPS) is 14.2. The third kappa shape index (κ3) is 4.79. The van der Waals surface area contributed by atoms with Crippen LogP contribution in [0.25, 0.3) is 0 Å². The van der Waals surface area contributed by atoms with Crippen molar-refractivity contribution in [1.29, 1.82) is 0 Å². The molecular formula is C20H24ClN3O3S. The predicted molar refractivity (Wildman–Crippen MR) is 114 cm³/mol. The van der Waals surface area contributed by atoms with Gasteiger partial charge in [0.15, 0.2) is 11.8 Å². The first-order valence-electron chi connectivity index (χ1n) is 8.87. The predicted octanol–water partition coefficient (Wildman–Crippen LogP) is 3.70. The second kappa shape index (κ2) is 9.32. The van der Waals surface area contributed by atoms with Crippen molar-refractivity contribution in [1.82, 2.24) is 0 Å². The van der Waals surface area contributed by atoms with Crippen LogP contribution in [0.2, 0.25) is 5.02 Å². The number of benzene rings is 1. The topological polar surface area (TPSA) is 92.5 Å². The summed E-state index contributed by atoms with van der Waals surface area (Å²) >= 11 is 7.16. The molecule has 1 aromatic carbocycles. The largest absolute Gasteiger partial charge is 0.324 e. The molecule has 0 bridgehead atoms. The van der Waals surface area contributed by atoms with Crippen LogP contribution in [0.1, 0.15) is 27.2 Å². The molecule has 2 aromatic rings. The minimum atomic E-state index is -1.73. The summed E-state index contributed by atoms with van der Waals surface area (Å²) in [5, 5.41) is 5.53. The Morgan fingerprint density at radius 3 is 2.36 bits per heavy atom. The van der Waals surface area contributed by atoms with Crippen molar-refractivity contribution < 1.29 is 14.4 Å². The van der Waals surface area contributed by atoms with E-state index in [4.69, 9.17) is 17.3 Å². The van der Waals surface area contributed by atoms with Crippen molar-refractivity contribution in [2.75, 3.05) is 10.2 Å². The van der Waals surface area contributed by atoms with Crippen LogP contribution in [-0.2, 0) is 14.4 Å². The Kier molecular flexibility index (Phi) is 7.35. The summed E-state index contributed by atoms with van der Waals surface area (Å²) in [5.74, 6) is -1.13.